The van der Waals surface area contributed by atoms with Gasteiger partial charge in [-0.2, -0.15) is 0 Å². The summed E-state index contributed by atoms with van der Waals surface area (Å²) in [7, 11) is 0. The highest BCUT2D eigenvalue weighted by Gasteiger charge is 1.95. The molecule has 0 aliphatic rings. The molecule has 0 unspecified atom stereocenters. The second kappa shape index (κ2) is 5.18. The second-order valence-corrected chi connectivity index (χ2v) is 3.14. The van der Waals surface area contributed by atoms with Crippen LogP contribution in [0.3, 0.4) is 0 Å². The van der Waals surface area contributed by atoms with Crippen molar-refractivity contribution >= 4 is 11.9 Å². The van der Waals surface area contributed by atoms with Crippen molar-refractivity contribution in [3.05, 3.63) is 54.1 Å². The van der Waals surface area contributed by atoms with E-state index in [2.05, 4.69) is 6.58 Å². The first-order valence-electron chi connectivity index (χ1n) is 4.61. The van der Waals surface area contributed by atoms with Crippen molar-refractivity contribution in [1.82, 2.24) is 0 Å². The van der Waals surface area contributed by atoms with Crippen LogP contribution in [0, 0.1) is 0 Å². The molecule has 1 aromatic carbocycles. The zero-order valence-electron chi connectivity index (χ0n) is 8.36. The molecule has 14 heavy (non-hydrogen) atoms. The Labute approximate surface area is 84.8 Å². The lowest BCUT2D eigenvalue weighted by Crippen LogP contribution is -1.87. The molecule has 0 saturated heterocycles. The van der Waals surface area contributed by atoms with Gasteiger partial charge in [0.1, 0.15) is 0 Å². The van der Waals surface area contributed by atoms with Crippen LogP contribution in [0.25, 0.3) is 6.08 Å². The number of allylic oxidation sites excluding steroid dienone is 2. The third-order valence-electron chi connectivity index (χ3n) is 1.92. The van der Waals surface area contributed by atoms with Crippen molar-refractivity contribution in [2.24, 2.45) is 0 Å². The Morgan fingerprint density at radius 1 is 1.43 bits per heavy atom. The largest absolute Gasteiger partial charge is 0.295 e. The summed E-state index contributed by atoms with van der Waals surface area (Å²) in [6.45, 7) is 5.25. The topological polar surface area (TPSA) is 17.1 Å². The van der Waals surface area contributed by atoms with E-state index in [1.807, 2.05) is 36.4 Å². The van der Waals surface area contributed by atoms with E-state index in [4.69, 9.17) is 0 Å². The van der Waals surface area contributed by atoms with Gasteiger partial charge in [0, 0.05) is 0 Å². The number of rotatable bonds is 4. The van der Waals surface area contributed by atoms with Crippen LogP contribution in [-0.4, -0.2) is 5.78 Å². The van der Waals surface area contributed by atoms with Crippen LogP contribution in [0.15, 0.2) is 43.0 Å². The van der Waals surface area contributed by atoms with Gasteiger partial charge in [-0.1, -0.05) is 36.4 Å². The van der Waals surface area contributed by atoms with E-state index in [0.717, 1.165) is 12.0 Å². The molecule has 0 fully saturated rings. The highest BCUT2D eigenvalue weighted by molar-refractivity contribution is 5.91. The molecule has 0 heterocycles. The van der Waals surface area contributed by atoms with E-state index in [0.29, 0.717) is 0 Å². The molecule has 0 aliphatic heterocycles. The van der Waals surface area contributed by atoms with Crippen LogP contribution < -0.4 is 0 Å². The summed E-state index contributed by atoms with van der Waals surface area (Å²) < 4.78 is 0. The van der Waals surface area contributed by atoms with Gasteiger partial charge in [0.2, 0.25) is 0 Å². The number of carbonyl (C=O) groups excluding carboxylic acids is 1. The van der Waals surface area contributed by atoms with Gasteiger partial charge in [0.15, 0.2) is 5.78 Å². The highest BCUT2D eigenvalue weighted by Crippen LogP contribution is 2.11. The highest BCUT2D eigenvalue weighted by atomic mass is 16.1. The van der Waals surface area contributed by atoms with Gasteiger partial charge in [0.05, 0.1) is 0 Å². The summed E-state index contributed by atoms with van der Waals surface area (Å²) in [5, 5.41) is 0. The van der Waals surface area contributed by atoms with Crippen molar-refractivity contribution in [1.29, 1.82) is 0 Å². The first kappa shape index (κ1) is 10.5. The molecular formula is C13H14O. The first-order valence-corrected chi connectivity index (χ1v) is 4.61. The number of hydrogen-bond acceptors (Lipinski definition) is 1. The van der Waals surface area contributed by atoms with Crippen molar-refractivity contribution in [3.8, 4) is 0 Å². The van der Waals surface area contributed by atoms with Gasteiger partial charge in [-0.15, -0.1) is 6.58 Å². The summed E-state index contributed by atoms with van der Waals surface area (Å²) in [5.41, 5.74) is 2.28. The van der Waals surface area contributed by atoms with Crippen LogP contribution >= 0.6 is 0 Å². The summed E-state index contributed by atoms with van der Waals surface area (Å²) in [5.74, 6) is 0.0680. The lowest BCUT2D eigenvalue weighted by Gasteiger charge is -2.01. The first-order chi connectivity index (χ1) is 6.74. The molecule has 1 rings (SSSR count). The van der Waals surface area contributed by atoms with E-state index in [-0.39, 0.29) is 5.78 Å². The molecule has 0 saturated carbocycles. The summed E-state index contributed by atoms with van der Waals surface area (Å²) in [4.78, 5) is 10.8. The van der Waals surface area contributed by atoms with Crippen molar-refractivity contribution < 1.29 is 4.79 Å². The minimum Gasteiger partial charge on any atom is -0.295 e. The number of carbonyl (C=O) groups is 1. The average Bonchev–Trinajstić information content (AvgIpc) is 2.17. The number of hydrogen-bond donors (Lipinski definition) is 0. The van der Waals surface area contributed by atoms with E-state index in [9.17, 15) is 4.79 Å². The van der Waals surface area contributed by atoms with Gasteiger partial charge in [0.25, 0.3) is 0 Å². The smallest absolute Gasteiger partial charge is 0.152 e. The van der Waals surface area contributed by atoms with Gasteiger partial charge < -0.3 is 0 Å². The van der Waals surface area contributed by atoms with E-state index in [1.54, 1.807) is 13.0 Å². The van der Waals surface area contributed by atoms with Gasteiger partial charge in [-0.25, -0.2) is 0 Å². The van der Waals surface area contributed by atoms with Crippen LogP contribution in [0.4, 0.5) is 0 Å². The third-order valence-corrected chi connectivity index (χ3v) is 1.92. The maximum Gasteiger partial charge on any atom is 0.152 e. The van der Waals surface area contributed by atoms with Crippen molar-refractivity contribution in [2.75, 3.05) is 0 Å². The van der Waals surface area contributed by atoms with E-state index in [1.165, 1.54) is 5.56 Å². The molecule has 0 bridgehead atoms. The Balaban J connectivity index is 2.94. The fraction of sp³-hybridized carbons (Fsp3) is 0.154. The standard InChI is InChI=1S/C13H14O/c1-3-6-12-7-4-5-8-13(12)10-9-11(2)14/h3-5,7-10H,1,6H2,2H3/b10-9+. The third kappa shape index (κ3) is 3.02. The Kier molecular flexibility index (Phi) is 3.86. The van der Waals surface area contributed by atoms with Crippen LogP contribution in [0.2, 0.25) is 0 Å². The zero-order chi connectivity index (χ0) is 10.4. The molecule has 0 spiro atoms. The monoisotopic (exact) mass is 186 g/mol. The average molecular weight is 186 g/mol. The molecule has 0 aromatic heterocycles. The van der Waals surface area contributed by atoms with Crippen molar-refractivity contribution in [3.63, 3.8) is 0 Å². The van der Waals surface area contributed by atoms with Crippen LogP contribution in [-0.2, 0) is 11.2 Å². The summed E-state index contributed by atoms with van der Waals surface area (Å²) in [6.07, 6.45) is 6.13. The van der Waals surface area contributed by atoms with Crippen LogP contribution in [0.1, 0.15) is 18.1 Å². The molecule has 1 aromatic rings. The normalized spacial score (nSPS) is 10.4. The molecule has 72 valence electrons. The van der Waals surface area contributed by atoms with Gasteiger partial charge in [-0.3, -0.25) is 4.79 Å². The number of benzene rings is 1. The SMILES string of the molecule is C=CCc1ccccc1/C=C/C(C)=O. The lowest BCUT2D eigenvalue weighted by molar-refractivity contribution is -0.112. The fourth-order valence-corrected chi connectivity index (χ4v) is 1.25. The maximum absolute atomic E-state index is 10.8. The lowest BCUT2D eigenvalue weighted by atomic mass is 10.0. The molecule has 0 N–H and O–H groups in total. The van der Waals surface area contributed by atoms with Crippen LogP contribution in [0.5, 0.6) is 0 Å². The van der Waals surface area contributed by atoms with E-state index >= 15 is 0 Å². The number of ketones is 1. The van der Waals surface area contributed by atoms with Gasteiger partial charge >= 0.3 is 0 Å². The molecule has 0 aliphatic carbocycles. The predicted octanol–water partition coefficient (Wildman–Crippen LogP) is 3.02. The Bertz CT molecular complexity index is 361. The molecular weight excluding hydrogens is 172 g/mol. The summed E-state index contributed by atoms with van der Waals surface area (Å²) >= 11 is 0. The van der Waals surface area contributed by atoms with Crippen molar-refractivity contribution in [2.45, 2.75) is 13.3 Å². The Hall–Kier alpha value is -1.63. The molecule has 1 heteroatoms. The fourth-order valence-electron chi connectivity index (χ4n) is 1.25. The minimum absolute atomic E-state index is 0.0680. The Morgan fingerprint density at radius 3 is 2.79 bits per heavy atom. The molecule has 0 atom stereocenters. The molecule has 1 nitrogen and oxygen atoms in total. The quantitative estimate of drug-likeness (QED) is 0.522. The molecule has 0 radical (unpaired) electrons. The summed E-state index contributed by atoms with van der Waals surface area (Å²) in [6, 6.07) is 8.00. The second-order valence-electron chi connectivity index (χ2n) is 3.14. The van der Waals surface area contributed by atoms with Gasteiger partial charge in [-0.05, 0) is 30.5 Å². The zero-order valence-corrected chi connectivity index (χ0v) is 8.36. The molecule has 0 amide bonds. The maximum atomic E-state index is 10.8. The minimum atomic E-state index is 0.0680. The Morgan fingerprint density at radius 2 is 2.14 bits per heavy atom. The predicted molar refractivity (Wildman–Crippen MR) is 60.1 cm³/mol. The van der Waals surface area contributed by atoms with E-state index < -0.39 is 0 Å².